The maximum absolute atomic E-state index is 8.97. The van der Waals surface area contributed by atoms with Crippen LogP contribution in [-0.2, 0) is 0 Å². The monoisotopic (exact) mass is 231 g/mol. The lowest BCUT2D eigenvalue weighted by atomic mass is 10.1. The Balaban J connectivity index is 2.20. The van der Waals surface area contributed by atoms with Gasteiger partial charge in [-0.05, 0) is 5.92 Å². The first kappa shape index (κ1) is 12.8. The summed E-state index contributed by atoms with van der Waals surface area (Å²) in [5.74, 6) is 0.368. The largest absolute Gasteiger partial charge is 0.396 e. The fourth-order valence-corrected chi connectivity index (χ4v) is 2.03. The zero-order chi connectivity index (χ0) is 11.3. The number of piperazine rings is 1. The van der Waals surface area contributed by atoms with Crippen molar-refractivity contribution in [3.63, 3.8) is 0 Å². The second-order valence-corrected chi connectivity index (χ2v) is 4.86. The summed E-state index contributed by atoms with van der Waals surface area (Å²) in [4.78, 5) is 5.24. The normalized spacial score (nSPS) is 21.5. The molecular weight excluding hydrogens is 210 g/mol. The van der Waals surface area contributed by atoms with E-state index in [0.29, 0.717) is 10.9 Å². The molecule has 88 valence electrons. The summed E-state index contributed by atoms with van der Waals surface area (Å²) in [6.07, 6.45) is 0. The SMILES string of the molecule is CC(CO)CN1CCN(CC(N)=S)CC1. The number of aliphatic hydroxyl groups is 1. The third-order valence-electron chi connectivity index (χ3n) is 2.73. The predicted molar refractivity (Wildman–Crippen MR) is 65.9 cm³/mol. The van der Waals surface area contributed by atoms with Crippen molar-refractivity contribution in [3.8, 4) is 0 Å². The van der Waals surface area contributed by atoms with Gasteiger partial charge in [0.05, 0.1) is 4.99 Å². The Hall–Kier alpha value is -0.230. The van der Waals surface area contributed by atoms with E-state index < -0.39 is 0 Å². The van der Waals surface area contributed by atoms with E-state index in [2.05, 4.69) is 16.7 Å². The van der Waals surface area contributed by atoms with Crippen molar-refractivity contribution in [1.29, 1.82) is 0 Å². The lowest BCUT2D eigenvalue weighted by molar-refractivity contribution is 0.114. The van der Waals surface area contributed by atoms with Crippen molar-refractivity contribution >= 4 is 17.2 Å². The van der Waals surface area contributed by atoms with Crippen LogP contribution in [0.3, 0.4) is 0 Å². The van der Waals surface area contributed by atoms with Gasteiger partial charge in [-0.1, -0.05) is 19.1 Å². The smallest absolute Gasteiger partial charge is 0.0870 e. The topological polar surface area (TPSA) is 52.7 Å². The molecule has 0 aromatic rings. The third kappa shape index (κ3) is 4.88. The third-order valence-corrected chi connectivity index (χ3v) is 2.86. The molecule has 0 aromatic heterocycles. The van der Waals surface area contributed by atoms with Crippen LogP contribution in [0.2, 0.25) is 0 Å². The standard InChI is InChI=1S/C10H21N3OS/c1-9(8-14)6-12-2-4-13(5-3-12)7-10(11)15/h9,14H,2-8H2,1H3,(H2,11,15). The number of rotatable bonds is 5. The lowest BCUT2D eigenvalue weighted by Crippen LogP contribution is -2.49. The van der Waals surface area contributed by atoms with Crippen molar-refractivity contribution in [3.05, 3.63) is 0 Å². The minimum atomic E-state index is 0.271. The van der Waals surface area contributed by atoms with Crippen LogP contribution in [0.15, 0.2) is 0 Å². The molecule has 0 bridgehead atoms. The first-order chi connectivity index (χ1) is 7.11. The molecule has 1 saturated heterocycles. The first-order valence-electron chi connectivity index (χ1n) is 5.45. The van der Waals surface area contributed by atoms with Gasteiger partial charge >= 0.3 is 0 Å². The van der Waals surface area contributed by atoms with Gasteiger partial charge in [0.1, 0.15) is 0 Å². The van der Waals surface area contributed by atoms with Gasteiger partial charge in [-0.3, -0.25) is 4.90 Å². The van der Waals surface area contributed by atoms with E-state index in [1.165, 1.54) is 0 Å². The minimum Gasteiger partial charge on any atom is -0.396 e. The fraction of sp³-hybridized carbons (Fsp3) is 0.900. The molecule has 0 aromatic carbocycles. The van der Waals surface area contributed by atoms with Gasteiger partial charge in [-0.25, -0.2) is 0 Å². The second-order valence-electron chi connectivity index (χ2n) is 4.33. The average molecular weight is 231 g/mol. The summed E-state index contributed by atoms with van der Waals surface area (Å²) < 4.78 is 0. The number of hydrogen-bond donors (Lipinski definition) is 2. The fourth-order valence-electron chi connectivity index (χ4n) is 1.85. The van der Waals surface area contributed by atoms with Crippen molar-refractivity contribution in [1.82, 2.24) is 9.80 Å². The zero-order valence-corrected chi connectivity index (χ0v) is 10.2. The van der Waals surface area contributed by atoms with Gasteiger partial charge < -0.3 is 15.7 Å². The molecule has 0 spiro atoms. The zero-order valence-electron chi connectivity index (χ0n) is 9.35. The number of nitrogens with zero attached hydrogens (tertiary/aromatic N) is 2. The molecule has 0 amide bonds. The molecule has 0 radical (unpaired) electrons. The van der Waals surface area contributed by atoms with Crippen LogP contribution in [0.25, 0.3) is 0 Å². The van der Waals surface area contributed by atoms with Crippen LogP contribution in [0.5, 0.6) is 0 Å². The molecule has 0 aliphatic carbocycles. The molecule has 1 aliphatic heterocycles. The number of hydrogen-bond acceptors (Lipinski definition) is 4. The first-order valence-corrected chi connectivity index (χ1v) is 5.86. The maximum Gasteiger partial charge on any atom is 0.0870 e. The van der Waals surface area contributed by atoms with Crippen molar-refractivity contribution in [2.45, 2.75) is 6.92 Å². The quantitative estimate of drug-likeness (QED) is 0.626. The molecule has 0 saturated carbocycles. The Bertz CT molecular complexity index is 205. The van der Waals surface area contributed by atoms with E-state index in [0.717, 1.165) is 39.3 Å². The summed E-state index contributed by atoms with van der Waals surface area (Å²) >= 11 is 4.88. The molecule has 1 aliphatic rings. The van der Waals surface area contributed by atoms with Crippen molar-refractivity contribution in [2.24, 2.45) is 11.7 Å². The molecule has 5 heteroatoms. The molecule has 1 atom stereocenters. The van der Waals surface area contributed by atoms with E-state index in [1.807, 2.05) is 0 Å². The Morgan fingerprint density at radius 1 is 1.33 bits per heavy atom. The van der Waals surface area contributed by atoms with Crippen molar-refractivity contribution < 1.29 is 5.11 Å². The van der Waals surface area contributed by atoms with Crippen LogP contribution < -0.4 is 5.73 Å². The minimum absolute atomic E-state index is 0.271. The van der Waals surface area contributed by atoms with Gasteiger partial charge in [-0.2, -0.15) is 0 Å². The predicted octanol–water partition coefficient (Wildman–Crippen LogP) is -0.481. The van der Waals surface area contributed by atoms with E-state index in [9.17, 15) is 0 Å². The Morgan fingerprint density at radius 3 is 2.33 bits per heavy atom. The molecule has 1 unspecified atom stereocenters. The average Bonchev–Trinajstić information content (AvgIpc) is 2.20. The Labute approximate surface area is 97.0 Å². The van der Waals surface area contributed by atoms with Crippen LogP contribution in [0.1, 0.15) is 6.92 Å². The van der Waals surface area contributed by atoms with E-state index in [-0.39, 0.29) is 6.61 Å². The highest BCUT2D eigenvalue weighted by Gasteiger charge is 2.18. The van der Waals surface area contributed by atoms with Gasteiger partial charge in [0.15, 0.2) is 0 Å². The molecule has 1 fully saturated rings. The number of nitrogens with two attached hydrogens (primary N) is 1. The summed E-state index contributed by atoms with van der Waals surface area (Å²) in [5.41, 5.74) is 5.50. The summed E-state index contributed by atoms with van der Waals surface area (Å²) in [7, 11) is 0. The summed E-state index contributed by atoms with van der Waals surface area (Å²) in [6.45, 7) is 8.20. The van der Waals surface area contributed by atoms with Crippen LogP contribution in [-0.4, -0.2) is 65.8 Å². The molecule has 15 heavy (non-hydrogen) atoms. The number of thiocarbonyl (C=S) groups is 1. The van der Waals surface area contributed by atoms with Crippen molar-refractivity contribution in [2.75, 3.05) is 45.9 Å². The Morgan fingerprint density at radius 2 is 1.87 bits per heavy atom. The van der Waals surface area contributed by atoms with Gasteiger partial charge in [-0.15, -0.1) is 0 Å². The Kier molecular flexibility index (Phi) is 5.45. The van der Waals surface area contributed by atoms with Gasteiger partial charge in [0.25, 0.3) is 0 Å². The molecular formula is C10H21N3OS. The highest BCUT2D eigenvalue weighted by atomic mass is 32.1. The van der Waals surface area contributed by atoms with Crippen LogP contribution in [0.4, 0.5) is 0 Å². The van der Waals surface area contributed by atoms with E-state index in [1.54, 1.807) is 0 Å². The van der Waals surface area contributed by atoms with Gasteiger partial charge in [0, 0.05) is 45.9 Å². The van der Waals surface area contributed by atoms with E-state index in [4.69, 9.17) is 23.1 Å². The molecule has 1 heterocycles. The van der Waals surface area contributed by atoms with Gasteiger partial charge in [0.2, 0.25) is 0 Å². The summed E-state index contributed by atoms with van der Waals surface area (Å²) in [6, 6.07) is 0. The van der Waals surface area contributed by atoms with E-state index >= 15 is 0 Å². The highest BCUT2D eigenvalue weighted by molar-refractivity contribution is 7.80. The lowest BCUT2D eigenvalue weighted by Gasteiger charge is -2.35. The molecule has 1 rings (SSSR count). The summed E-state index contributed by atoms with van der Waals surface area (Å²) in [5, 5.41) is 8.97. The van der Waals surface area contributed by atoms with Crippen LogP contribution >= 0.6 is 12.2 Å². The van der Waals surface area contributed by atoms with Crippen LogP contribution in [0, 0.1) is 5.92 Å². The maximum atomic E-state index is 8.97. The second kappa shape index (κ2) is 6.37. The molecule has 4 nitrogen and oxygen atoms in total. The molecule has 3 N–H and O–H groups in total. The highest BCUT2D eigenvalue weighted by Crippen LogP contribution is 2.04. The number of aliphatic hydroxyl groups excluding tert-OH is 1.